The van der Waals surface area contributed by atoms with Gasteiger partial charge in [-0.15, -0.1) is 0 Å². The van der Waals surface area contributed by atoms with E-state index in [-0.39, 0.29) is 19.0 Å². The summed E-state index contributed by atoms with van der Waals surface area (Å²) < 4.78 is 5.04. The van der Waals surface area contributed by atoms with Gasteiger partial charge in [-0.1, -0.05) is 19.9 Å². The summed E-state index contributed by atoms with van der Waals surface area (Å²) in [6.45, 7) is 3.45. The van der Waals surface area contributed by atoms with Crippen LogP contribution >= 0.6 is 0 Å². The van der Waals surface area contributed by atoms with Crippen LogP contribution in [0.2, 0.25) is 0 Å². The number of nitrogens with one attached hydrogen (secondary N) is 1. The Bertz CT molecular complexity index is 571. The first-order chi connectivity index (χ1) is 10.8. The van der Waals surface area contributed by atoms with Gasteiger partial charge in [0.1, 0.15) is 12.3 Å². The van der Waals surface area contributed by atoms with Crippen molar-refractivity contribution in [3.8, 4) is 5.75 Å². The highest BCUT2D eigenvalue weighted by molar-refractivity contribution is 5.97. The zero-order valence-electron chi connectivity index (χ0n) is 13.5. The molecular formula is C16H22N2O5. The fourth-order valence-corrected chi connectivity index (χ4v) is 1.99. The van der Waals surface area contributed by atoms with E-state index in [1.807, 2.05) is 13.8 Å². The summed E-state index contributed by atoms with van der Waals surface area (Å²) in [5, 5.41) is 11.4. The third kappa shape index (κ3) is 6.37. The van der Waals surface area contributed by atoms with Gasteiger partial charge in [0, 0.05) is 12.1 Å². The number of carbonyl (C=O) groups excluding carboxylic acids is 2. The van der Waals surface area contributed by atoms with E-state index in [9.17, 15) is 14.4 Å². The van der Waals surface area contributed by atoms with Crippen LogP contribution in [0.1, 0.15) is 24.2 Å². The maximum atomic E-state index is 12.1. The number of nitrogens with zero attached hydrogens (tertiary/aromatic N) is 1. The number of carboxylic acid groups (broad SMARTS) is 1. The van der Waals surface area contributed by atoms with Crippen LogP contribution in [0.4, 0.5) is 0 Å². The molecule has 0 bridgehead atoms. The third-order valence-corrected chi connectivity index (χ3v) is 3.00. The topological polar surface area (TPSA) is 95.9 Å². The molecule has 0 spiro atoms. The van der Waals surface area contributed by atoms with Crippen LogP contribution in [0.5, 0.6) is 5.75 Å². The Hall–Kier alpha value is -2.57. The minimum Gasteiger partial charge on any atom is -0.497 e. The average molecular weight is 322 g/mol. The highest BCUT2D eigenvalue weighted by atomic mass is 16.5. The van der Waals surface area contributed by atoms with Crippen molar-refractivity contribution < 1.29 is 24.2 Å². The fraction of sp³-hybridized carbons (Fsp3) is 0.438. The van der Waals surface area contributed by atoms with Gasteiger partial charge in [0.25, 0.3) is 5.91 Å². The second kappa shape index (κ2) is 8.77. The Labute approximate surface area is 135 Å². The normalized spacial score (nSPS) is 10.3. The van der Waals surface area contributed by atoms with Crippen molar-refractivity contribution in [2.75, 3.05) is 26.7 Å². The smallest absolute Gasteiger partial charge is 0.323 e. The molecule has 126 valence electrons. The molecule has 0 saturated carbocycles. The monoisotopic (exact) mass is 322 g/mol. The number of benzene rings is 1. The van der Waals surface area contributed by atoms with Gasteiger partial charge in [0.15, 0.2) is 0 Å². The molecule has 0 unspecified atom stereocenters. The van der Waals surface area contributed by atoms with Crippen molar-refractivity contribution in [1.82, 2.24) is 10.2 Å². The maximum absolute atomic E-state index is 12.1. The zero-order valence-corrected chi connectivity index (χ0v) is 13.5. The molecule has 0 saturated heterocycles. The Balaban J connectivity index is 2.64. The number of hydrogen-bond acceptors (Lipinski definition) is 4. The van der Waals surface area contributed by atoms with Gasteiger partial charge in [-0.3, -0.25) is 14.4 Å². The number of hydrogen-bond donors (Lipinski definition) is 2. The van der Waals surface area contributed by atoms with Gasteiger partial charge in [-0.05, 0) is 24.1 Å². The molecule has 0 aliphatic carbocycles. The summed E-state index contributed by atoms with van der Waals surface area (Å²) >= 11 is 0. The molecular weight excluding hydrogens is 300 g/mol. The first kappa shape index (κ1) is 18.5. The minimum absolute atomic E-state index is 0.132. The number of aliphatic carboxylic acids is 1. The molecule has 0 fully saturated rings. The van der Waals surface area contributed by atoms with E-state index in [4.69, 9.17) is 9.84 Å². The summed E-state index contributed by atoms with van der Waals surface area (Å²) in [6.07, 6.45) is 0. The molecule has 0 aliphatic rings. The first-order valence-corrected chi connectivity index (χ1v) is 7.25. The van der Waals surface area contributed by atoms with Gasteiger partial charge in [0.2, 0.25) is 5.91 Å². The Morgan fingerprint density at radius 3 is 2.57 bits per heavy atom. The second-order valence-corrected chi connectivity index (χ2v) is 5.48. The van der Waals surface area contributed by atoms with Gasteiger partial charge < -0.3 is 20.1 Å². The Kier molecular flexibility index (Phi) is 7.05. The number of methoxy groups -OCH3 is 1. The van der Waals surface area contributed by atoms with E-state index in [0.29, 0.717) is 17.9 Å². The summed E-state index contributed by atoms with van der Waals surface area (Å²) in [4.78, 5) is 36.2. The lowest BCUT2D eigenvalue weighted by molar-refractivity contribution is -0.144. The molecule has 0 aliphatic heterocycles. The van der Waals surface area contributed by atoms with E-state index in [2.05, 4.69) is 5.32 Å². The molecule has 1 rings (SSSR count). The van der Waals surface area contributed by atoms with Crippen molar-refractivity contribution in [3.63, 3.8) is 0 Å². The zero-order chi connectivity index (χ0) is 17.4. The van der Waals surface area contributed by atoms with Crippen LogP contribution in [0.15, 0.2) is 24.3 Å². The van der Waals surface area contributed by atoms with E-state index in [0.717, 1.165) is 0 Å². The molecule has 0 radical (unpaired) electrons. The van der Waals surface area contributed by atoms with Gasteiger partial charge >= 0.3 is 5.97 Å². The number of ether oxygens (including phenoxy) is 1. The minimum atomic E-state index is -1.09. The lowest BCUT2D eigenvalue weighted by Crippen LogP contribution is -2.44. The highest BCUT2D eigenvalue weighted by Crippen LogP contribution is 2.12. The van der Waals surface area contributed by atoms with Gasteiger partial charge in [-0.25, -0.2) is 0 Å². The average Bonchev–Trinajstić information content (AvgIpc) is 2.50. The molecule has 2 N–H and O–H groups in total. The molecule has 1 aromatic rings. The van der Waals surface area contributed by atoms with Crippen LogP contribution in [0.3, 0.4) is 0 Å². The highest BCUT2D eigenvalue weighted by Gasteiger charge is 2.18. The van der Waals surface area contributed by atoms with E-state index >= 15 is 0 Å². The molecule has 0 heterocycles. The van der Waals surface area contributed by atoms with Crippen LogP contribution in [0.25, 0.3) is 0 Å². The Morgan fingerprint density at radius 2 is 2.00 bits per heavy atom. The lowest BCUT2D eigenvalue weighted by Gasteiger charge is -2.22. The SMILES string of the molecule is COc1cccc(C(=O)NCC(=O)N(CC(=O)O)CC(C)C)c1. The molecule has 1 aromatic carbocycles. The molecule has 0 aromatic heterocycles. The van der Waals surface area contributed by atoms with Crippen molar-refractivity contribution in [3.05, 3.63) is 29.8 Å². The quantitative estimate of drug-likeness (QED) is 0.744. The summed E-state index contributed by atoms with van der Waals surface area (Å²) in [6, 6.07) is 6.54. The number of carbonyl (C=O) groups is 3. The van der Waals surface area contributed by atoms with E-state index in [1.165, 1.54) is 12.0 Å². The van der Waals surface area contributed by atoms with Crippen LogP contribution < -0.4 is 10.1 Å². The summed E-state index contributed by atoms with van der Waals surface area (Å²) in [5.41, 5.74) is 0.366. The molecule has 23 heavy (non-hydrogen) atoms. The largest absolute Gasteiger partial charge is 0.497 e. The van der Waals surface area contributed by atoms with E-state index < -0.39 is 17.8 Å². The van der Waals surface area contributed by atoms with Crippen LogP contribution in [-0.4, -0.2) is 54.5 Å². The van der Waals surface area contributed by atoms with Crippen molar-refractivity contribution in [2.45, 2.75) is 13.8 Å². The molecule has 7 nitrogen and oxygen atoms in total. The maximum Gasteiger partial charge on any atom is 0.323 e. The van der Waals surface area contributed by atoms with Gasteiger partial charge in [-0.2, -0.15) is 0 Å². The van der Waals surface area contributed by atoms with E-state index in [1.54, 1.807) is 24.3 Å². The number of carboxylic acids is 1. The summed E-state index contributed by atoms with van der Waals surface area (Å²) in [7, 11) is 1.50. The fourth-order valence-electron chi connectivity index (χ4n) is 1.99. The predicted octanol–water partition coefficient (Wildman–Crippen LogP) is 0.994. The summed E-state index contributed by atoms with van der Waals surface area (Å²) in [5.74, 6) is -1.27. The van der Waals surface area contributed by atoms with Crippen LogP contribution in [-0.2, 0) is 9.59 Å². The number of amides is 2. The standard InChI is InChI=1S/C16H22N2O5/c1-11(2)9-18(10-15(20)21)14(19)8-17-16(22)12-5-4-6-13(7-12)23-3/h4-7,11H,8-10H2,1-3H3,(H,17,22)(H,20,21). The Morgan fingerprint density at radius 1 is 1.30 bits per heavy atom. The van der Waals surface area contributed by atoms with Crippen molar-refractivity contribution in [1.29, 1.82) is 0 Å². The third-order valence-electron chi connectivity index (χ3n) is 3.00. The molecule has 0 atom stereocenters. The number of rotatable bonds is 8. The van der Waals surface area contributed by atoms with Gasteiger partial charge in [0.05, 0.1) is 13.7 Å². The molecule has 2 amide bonds. The lowest BCUT2D eigenvalue weighted by atomic mass is 10.2. The first-order valence-electron chi connectivity index (χ1n) is 7.25. The predicted molar refractivity (Wildman–Crippen MR) is 84.4 cm³/mol. The van der Waals surface area contributed by atoms with Crippen LogP contribution in [0, 0.1) is 5.92 Å². The van der Waals surface area contributed by atoms with Crippen molar-refractivity contribution in [2.24, 2.45) is 5.92 Å². The molecule has 7 heteroatoms. The second-order valence-electron chi connectivity index (χ2n) is 5.48. The van der Waals surface area contributed by atoms with Crippen molar-refractivity contribution >= 4 is 17.8 Å².